The second-order valence-corrected chi connectivity index (χ2v) is 11.7. The minimum absolute atomic E-state index is 0.0338. The Morgan fingerprint density at radius 3 is 2.51 bits per heavy atom. The Bertz CT molecular complexity index is 1250. The lowest BCUT2D eigenvalue weighted by Gasteiger charge is -2.49. The zero-order chi connectivity index (χ0) is 24.1. The molecule has 0 N–H and O–H groups in total. The monoisotopic (exact) mass is 509 g/mol. The van der Waals surface area contributed by atoms with E-state index in [9.17, 15) is 9.59 Å². The van der Waals surface area contributed by atoms with Crippen molar-refractivity contribution in [2.75, 3.05) is 26.3 Å². The number of pyridine rings is 1. The molecule has 0 radical (unpaired) electrons. The van der Waals surface area contributed by atoms with Crippen LogP contribution in [0.4, 0.5) is 0 Å². The molecule has 182 valence electrons. The van der Waals surface area contributed by atoms with Gasteiger partial charge in [0, 0.05) is 42.7 Å². The molecule has 3 fully saturated rings. The van der Waals surface area contributed by atoms with Gasteiger partial charge in [-0.1, -0.05) is 0 Å². The summed E-state index contributed by atoms with van der Waals surface area (Å²) in [5, 5.41) is 4.10. The predicted molar refractivity (Wildman–Crippen MR) is 134 cm³/mol. The van der Waals surface area contributed by atoms with Crippen molar-refractivity contribution >= 4 is 34.5 Å². The van der Waals surface area contributed by atoms with Gasteiger partial charge in [0.25, 0.3) is 5.91 Å². The summed E-state index contributed by atoms with van der Waals surface area (Å²) < 4.78 is 5.73. The number of aromatic nitrogens is 3. The number of carbonyl (C=O) groups is 2. The van der Waals surface area contributed by atoms with Gasteiger partial charge < -0.3 is 14.5 Å². The first-order valence-electron chi connectivity index (χ1n) is 12.0. The lowest BCUT2D eigenvalue weighted by molar-refractivity contribution is -0.143. The Balaban J connectivity index is 1.13. The molecule has 35 heavy (non-hydrogen) atoms. The van der Waals surface area contributed by atoms with E-state index in [4.69, 9.17) is 9.72 Å². The summed E-state index contributed by atoms with van der Waals surface area (Å²) in [5.41, 5.74) is 3.43. The molecule has 2 atom stereocenters. The lowest BCUT2D eigenvalue weighted by Crippen LogP contribution is -2.67. The van der Waals surface area contributed by atoms with Crippen LogP contribution in [-0.2, 0) is 16.0 Å². The molecule has 1 saturated carbocycles. The summed E-state index contributed by atoms with van der Waals surface area (Å²) in [5.74, 6) is 0.402. The minimum atomic E-state index is -0.107. The van der Waals surface area contributed by atoms with Crippen LogP contribution in [0.1, 0.15) is 44.6 Å². The van der Waals surface area contributed by atoms with Crippen LogP contribution in [0.2, 0.25) is 0 Å². The number of fused-ring (bicyclic) bond motifs is 2. The predicted octanol–water partition coefficient (Wildman–Crippen LogP) is 3.33. The van der Waals surface area contributed by atoms with Crippen molar-refractivity contribution in [1.29, 1.82) is 0 Å². The van der Waals surface area contributed by atoms with Gasteiger partial charge >= 0.3 is 0 Å². The summed E-state index contributed by atoms with van der Waals surface area (Å²) in [4.78, 5) is 44.8. The fraction of sp³-hybridized carbons (Fsp3) is 0.480. The van der Waals surface area contributed by atoms with Gasteiger partial charge in [0.05, 0.1) is 57.1 Å². The van der Waals surface area contributed by atoms with Gasteiger partial charge in [-0.2, -0.15) is 0 Å². The third-order valence-electron chi connectivity index (χ3n) is 6.83. The largest absolute Gasteiger partial charge is 0.377 e. The molecule has 3 aliphatic rings. The Kier molecular flexibility index (Phi) is 5.90. The number of morpholine rings is 1. The zero-order valence-corrected chi connectivity index (χ0v) is 21.4. The number of aryl methyl sites for hydroxylation is 2. The molecule has 5 heterocycles. The molecule has 10 heteroatoms. The topological polar surface area (TPSA) is 88.5 Å². The van der Waals surface area contributed by atoms with Crippen LogP contribution in [0.5, 0.6) is 0 Å². The molecule has 2 aliphatic heterocycles. The number of ether oxygens (including phenoxy) is 1. The zero-order valence-electron chi connectivity index (χ0n) is 19.8. The molecule has 0 aromatic carbocycles. The molecular formula is C25H27N5O3S2. The van der Waals surface area contributed by atoms with Crippen molar-refractivity contribution in [3.8, 4) is 10.6 Å². The molecule has 8 nitrogen and oxygen atoms in total. The van der Waals surface area contributed by atoms with Crippen molar-refractivity contribution in [2.24, 2.45) is 5.92 Å². The summed E-state index contributed by atoms with van der Waals surface area (Å²) in [7, 11) is 0. The number of hydrogen-bond donors (Lipinski definition) is 0. The van der Waals surface area contributed by atoms with E-state index in [-0.39, 0.29) is 29.8 Å². The standard InChI is InChI=1S/C25H27N5O3S2/c1-14-23(35-15(2)27-14)21-13-34-22(28-21)7-18-6-5-17(8-26-18)25(32)30-19-9-29(24(31)16-3-4-16)10-20(30)12-33-11-19/h5-6,8,13,16,19-20H,3-4,7,9-12H2,1-2H3/t19-,20+. The van der Waals surface area contributed by atoms with Crippen molar-refractivity contribution in [1.82, 2.24) is 24.8 Å². The van der Waals surface area contributed by atoms with Crippen LogP contribution in [0, 0.1) is 19.8 Å². The van der Waals surface area contributed by atoms with E-state index in [0.29, 0.717) is 38.3 Å². The summed E-state index contributed by atoms with van der Waals surface area (Å²) >= 11 is 3.28. The highest BCUT2D eigenvalue weighted by Gasteiger charge is 2.45. The van der Waals surface area contributed by atoms with Crippen molar-refractivity contribution < 1.29 is 14.3 Å². The Hall–Kier alpha value is -2.69. The van der Waals surface area contributed by atoms with E-state index >= 15 is 0 Å². The molecular weight excluding hydrogens is 482 g/mol. The highest BCUT2D eigenvalue weighted by Crippen LogP contribution is 2.34. The van der Waals surface area contributed by atoms with Gasteiger partial charge in [-0.05, 0) is 38.8 Å². The fourth-order valence-corrected chi connectivity index (χ4v) is 6.74. The van der Waals surface area contributed by atoms with Crippen LogP contribution in [-0.4, -0.2) is 75.0 Å². The first-order valence-corrected chi connectivity index (χ1v) is 13.7. The molecule has 2 amide bonds. The number of rotatable bonds is 5. The summed E-state index contributed by atoms with van der Waals surface area (Å²) in [6.07, 6.45) is 4.28. The van der Waals surface area contributed by atoms with E-state index in [1.54, 1.807) is 28.9 Å². The SMILES string of the molecule is Cc1nc(C)c(-c2csc(Cc3ccc(C(=O)N4[C@@H]5COC[C@H]4CN(C(=O)C4CC4)C5)cn3)n2)s1. The number of thiazole rings is 2. The number of nitrogens with zero attached hydrogens (tertiary/aromatic N) is 5. The van der Waals surface area contributed by atoms with Gasteiger partial charge in [0.2, 0.25) is 5.91 Å². The van der Waals surface area contributed by atoms with Crippen molar-refractivity contribution in [3.63, 3.8) is 0 Å². The normalized spacial score (nSPS) is 21.9. The first-order chi connectivity index (χ1) is 17.0. The highest BCUT2D eigenvalue weighted by atomic mass is 32.1. The number of carbonyl (C=O) groups excluding carboxylic acids is 2. The van der Waals surface area contributed by atoms with Crippen LogP contribution in [0.3, 0.4) is 0 Å². The third kappa shape index (κ3) is 4.50. The fourth-order valence-electron chi connectivity index (χ4n) is 4.99. The van der Waals surface area contributed by atoms with Crippen LogP contribution < -0.4 is 0 Å². The van der Waals surface area contributed by atoms with Crippen LogP contribution in [0.15, 0.2) is 23.7 Å². The smallest absolute Gasteiger partial charge is 0.256 e. The van der Waals surface area contributed by atoms with Gasteiger partial charge in [0.1, 0.15) is 0 Å². The van der Waals surface area contributed by atoms with E-state index in [0.717, 1.165) is 44.8 Å². The second-order valence-electron chi connectivity index (χ2n) is 9.56. The number of hydrogen-bond acceptors (Lipinski definition) is 8. The highest BCUT2D eigenvalue weighted by molar-refractivity contribution is 7.16. The molecule has 0 spiro atoms. The molecule has 2 saturated heterocycles. The number of piperazine rings is 1. The van der Waals surface area contributed by atoms with Gasteiger partial charge in [-0.15, -0.1) is 22.7 Å². The second kappa shape index (κ2) is 9.07. The maximum absolute atomic E-state index is 13.4. The molecule has 6 rings (SSSR count). The van der Waals surface area contributed by atoms with E-state index in [1.165, 1.54) is 0 Å². The first kappa shape index (κ1) is 22.8. The molecule has 0 unspecified atom stereocenters. The molecule has 1 aliphatic carbocycles. The molecule has 3 aromatic heterocycles. The average Bonchev–Trinajstić information content (AvgIpc) is 3.50. The Morgan fingerprint density at radius 2 is 1.89 bits per heavy atom. The van der Waals surface area contributed by atoms with Gasteiger partial charge in [0.15, 0.2) is 0 Å². The van der Waals surface area contributed by atoms with E-state index in [2.05, 4.69) is 15.3 Å². The molecule has 3 aromatic rings. The quantitative estimate of drug-likeness (QED) is 0.524. The maximum atomic E-state index is 13.4. The summed E-state index contributed by atoms with van der Waals surface area (Å²) in [6.45, 7) is 6.05. The molecule has 2 bridgehead atoms. The number of amides is 2. The maximum Gasteiger partial charge on any atom is 0.256 e. The van der Waals surface area contributed by atoms with Crippen molar-refractivity contribution in [2.45, 2.75) is 45.2 Å². The van der Waals surface area contributed by atoms with Crippen molar-refractivity contribution in [3.05, 3.63) is 50.7 Å². The Labute approximate surface area is 212 Å². The van der Waals surface area contributed by atoms with Gasteiger partial charge in [-0.3, -0.25) is 14.6 Å². The van der Waals surface area contributed by atoms with E-state index < -0.39 is 0 Å². The summed E-state index contributed by atoms with van der Waals surface area (Å²) in [6, 6.07) is 3.55. The van der Waals surface area contributed by atoms with E-state index in [1.807, 2.05) is 35.8 Å². The minimum Gasteiger partial charge on any atom is -0.377 e. The van der Waals surface area contributed by atoms with Crippen LogP contribution >= 0.6 is 22.7 Å². The Morgan fingerprint density at radius 1 is 1.11 bits per heavy atom. The van der Waals surface area contributed by atoms with Crippen LogP contribution in [0.25, 0.3) is 10.6 Å². The lowest BCUT2D eigenvalue weighted by atomic mass is 10.0. The average molecular weight is 510 g/mol. The third-order valence-corrected chi connectivity index (χ3v) is 8.78. The van der Waals surface area contributed by atoms with Gasteiger partial charge in [-0.25, -0.2) is 9.97 Å².